The zero-order chi connectivity index (χ0) is 14.9. The number of carboxylic acid groups (broad SMARTS) is 1. The van der Waals surface area contributed by atoms with E-state index in [0.717, 1.165) is 25.9 Å². The van der Waals surface area contributed by atoms with Gasteiger partial charge in [-0.2, -0.15) is 0 Å². The molecule has 2 rings (SSSR count). The predicted octanol–water partition coefficient (Wildman–Crippen LogP) is 4.16. The molecule has 3 nitrogen and oxygen atoms in total. The number of hydrogen-bond donors (Lipinski definition) is 1. The lowest BCUT2D eigenvalue weighted by Crippen LogP contribution is -2.35. The van der Waals surface area contributed by atoms with E-state index in [2.05, 4.69) is 29.8 Å². The van der Waals surface area contributed by atoms with Crippen molar-refractivity contribution in [3.63, 3.8) is 0 Å². The Kier molecular flexibility index (Phi) is 4.68. The van der Waals surface area contributed by atoms with Crippen LogP contribution in [0, 0.1) is 17.7 Å². The summed E-state index contributed by atoms with van der Waals surface area (Å²) >= 11 is 3.05. The first-order chi connectivity index (χ1) is 9.41. The van der Waals surface area contributed by atoms with Crippen molar-refractivity contribution >= 4 is 27.6 Å². The van der Waals surface area contributed by atoms with Gasteiger partial charge in [0.25, 0.3) is 0 Å². The molecular formula is C15H19BrFNO2. The molecule has 0 amide bonds. The van der Waals surface area contributed by atoms with Gasteiger partial charge in [-0.25, -0.2) is 9.18 Å². The van der Waals surface area contributed by atoms with Crippen molar-refractivity contribution in [2.45, 2.75) is 26.7 Å². The average Bonchev–Trinajstić information content (AvgIpc) is 2.41. The van der Waals surface area contributed by atoms with Crippen LogP contribution in [0.1, 0.15) is 37.0 Å². The van der Waals surface area contributed by atoms with E-state index in [1.165, 1.54) is 6.07 Å². The Balaban J connectivity index is 2.19. The largest absolute Gasteiger partial charge is 0.478 e. The van der Waals surface area contributed by atoms with Crippen molar-refractivity contribution in [1.82, 2.24) is 0 Å². The number of piperidine rings is 1. The Bertz CT molecular complexity index is 511. The number of nitrogens with zero attached hydrogens (tertiary/aromatic N) is 1. The molecule has 1 saturated heterocycles. The minimum absolute atomic E-state index is 0.0356. The summed E-state index contributed by atoms with van der Waals surface area (Å²) in [7, 11) is 0. The first-order valence-electron chi connectivity index (χ1n) is 6.88. The van der Waals surface area contributed by atoms with Crippen molar-refractivity contribution in [2.24, 2.45) is 11.8 Å². The molecular weight excluding hydrogens is 325 g/mol. The van der Waals surface area contributed by atoms with Crippen LogP contribution in [-0.4, -0.2) is 24.2 Å². The number of halogens is 2. The molecule has 1 aromatic carbocycles. The molecule has 0 unspecified atom stereocenters. The number of rotatable bonds is 3. The summed E-state index contributed by atoms with van der Waals surface area (Å²) in [6.45, 7) is 6.08. The summed E-state index contributed by atoms with van der Waals surface area (Å²) in [5.41, 5.74) is 0.451. The molecule has 0 saturated carbocycles. The van der Waals surface area contributed by atoms with Crippen molar-refractivity contribution in [2.75, 3.05) is 18.0 Å². The minimum Gasteiger partial charge on any atom is -0.478 e. The van der Waals surface area contributed by atoms with Gasteiger partial charge in [0.1, 0.15) is 0 Å². The Morgan fingerprint density at radius 3 is 2.50 bits per heavy atom. The number of benzene rings is 1. The van der Waals surface area contributed by atoms with Crippen LogP contribution in [0.5, 0.6) is 0 Å². The maximum Gasteiger partial charge on any atom is 0.336 e. The predicted molar refractivity (Wildman–Crippen MR) is 80.8 cm³/mol. The Morgan fingerprint density at radius 2 is 2.00 bits per heavy atom. The van der Waals surface area contributed by atoms with Gasteiger partial charge in [0.2, 0.25) is 0 Å². The van der Waals surface area contributed by atoms with E-state index in [-0.39, 0.29) is 10.0 Å². The molecule has 0 aliphatic carbocycles. The number of hydrogen-bond acceptors (Lipinski definition) is 2. The van der Waals surface area contributed by atoms with Gasteiger partial charge in [0.05, 0.1) is 15.7 Å². The van der Waals surface area contributed by atoms with E-state index in [4.69, 9.17) is 5.11 Å². The van der Waals surface area contributed by atoms with Crippen LogP contribution in [0.4, 0.5) is 10.1 Å². The maximum absolute atomic E-state index is 14.3. The quantitative estimate of drug-likeness (QED) is 0.895. The lowest BCUT2D eigenvalue weighted by molar-refractivity contribution is 0.0695. The molecule has 110 valence electrons. The molecule has 0 aromatic heterocycles. The zero-order valence-electron chi connectivity index (χ0n) is 11.7. The van der Waals surface area contributed by atoms with Crippen LogP contribution in [0.2, 0.25) is 0 Å². The van der Waals surface area contributed by atoms with Crippen LogP contribution in [0.15, 0.2) is 16.6 Å². The lowest BCUT2D eigenvalue weighted by Gasteiger charge is -2.35. The van der Waals surface area contributed by atoms with E-state index in [0.29, 0.717) is 17.5 Å². The fraction of sp³-hybridized carbons (Fsp3) is 0.533. The molecule has 1 aromatic rings. The molecule has 20 heavy (non-hydrogen) atoms. The average molecular weight is 344 g/mol. The van der Waals surface area contributed by atoms with Crippen molar-refractivity contribution in [1.29, 1.82) is 0 Å². The molecule has 0 radical (unpaired) electrons. The third-order valence-electron chi connectivity index (χ3n) is 4.12. The summed E-state index contributed by atoms with van der Waals surface area (Å²) < 4.78 is 14.3. The van der Waals surface area contributed by atoms with Crippen molar-refractivity contribution < 1.29 is 14.3 Å². The van der Waals surface area contributed by atoms with E-state index in [1.807, 2.05) is 4.90 Å². The molecule has 0 bridgehead atoms. The van der Waals surface area contributed by atoms with Crippen molar-refractivity contribution in [3.05, 3.63) is 28.0 Å². The zero-order valence-corrected chi connectivity index (χ0v) is 13.3. The van der Waals surface area contributed by atoms with Gasteiger partial charge in [0.15, 0.2) is 5.82 Å². The number of carbonyl (C=O) groups is 1. The summed E-state index contributed by atoms with van der Waals surface area (Å²) in [6, 6.07) is 3.03. The highest BCUT2D eigenvalue weighted by Gasteiger charge is 2.25. The van der Waals surface area contributed by atoms with Crippen LogP contribution in [0.3, 0.4) is 0 Å². The van der Waals surface area contributed by atoms with Gasteiger partial charge >= 0.3 is 5.97 Å². The second-order valence-electron chi connectivity index (χ2n) is 5.63. The van der Waals surface area contributed by atoms with Crippen LogP contribution >= 0.6 is 15.9 Å². The third kappa shape index (κ3) is 2.97. The second-order valence-corrected chi connectivity index (χ2v) is 6.43. The van der Waals surface area contributed by atoms with Gasteiger partial charge in [-0.1, -0.05) is 13.8 Å². The lowest BCUT2D eigenvalue weighted by atomic mass is 9.86. The first kappa shape index (κ1) is 15.3. The smallest absolute Gasteiger partial charge is 0.336 e. The highest BCUT2D eigenvalue weighted by atomic mass is 79.9. The standard InChI is InChI=1S/C15H19BrFNO2/c1-9(2)10-5-7-18(8-6-10)12-4-3-11(15(19)20)13(16)14(12)17/h3-4,9-10H,5-8H2,1-2H3,(H,19,20). The maximum atomic E-state index is 14.3. The van der Waals surface area contributed by atoms with Crippen molar-refractivity contribution in [3.8, 4) is 0 Å². The first-order valence-corrected chi connectivity index (χ1v) is 7.67. The van der Waals surface area contributed by atoms with Gasteiger partial charge < -0.3 is 10.0 Å². The molecule has 1 aliphatic heterocycles. The molecule has 1 N–H and O–H groups in total. The Hall–Kier alpha value is -1.10. The van der Waals surface area contributed by atoms with Gasteiger partial charge in [-0.15, -0.1) is 0 Å². The summed E-state index contributed by atoms with van der Waals surface area (Å²) in [4.78, 5) is 13.0. The van der Waals surface area contributed by atoms with E-state index < -0.39 is 11.8 Å². The number of carboxylic acids is 1. The highest BCUT2D eigenvalue weighted by molar-refractivity contribution is 9.10. The fourth-order valence-electron chi connectivity index (χ4n) is 2.76. The Labute approximate surface area is 126 Å². The molecule has 1 heterocycles. The van der Waals surface area contributed by atoms with E-state index in [1.54, 1.807) is 6.07 Å². The van der Waals surface area contributed by atoms with Gasteiger partial charge in [0, 0.05) is 13.1 Å². The fourth-order valence-corrected chi connectivity index (χ4v) is 3.26. The number of aromatic carboxylic acids is 1. The van der Waals surface area contributed by atoms with Crippen LogP contribution in [0.25, 0.3) is 0 Å². The van der Waals surface area contributed by atoms with E-state index in [9.17, 15) is 9.18 Å². The second kappa shape index (κ2) is 6.12. The number of anilines is 1. The SMILES string of the molecule is CC(C)C1CCN(c2ccc(C(=O)O)c(Br)c2F)CC1. The van der Waals surface area contributed by atoms with Gasteiger partial charge in [-0.3, -0.25) is 0 Å². The highest BCUT2D eigenvalue weighted by Crippen LogP contribution is 2.33. The minimum atomic E-state index is -1.12. The molecule has 1 aliphatic rings. The summed E-state index contributed by atoms with van der Waals surface area (Å²) in [5, 5.41) is 8.98. The Morgan fingerprint density at radius 1 is 1.40 bits per heavy atom. The van der Waals surface area contributed by atoms with Gasteiger partial charge in [-0.05, 0) is 52.7 Å². The third-order valence-corrected chi connectivity index (χ3v) is 4.89. The normalized spacial score (nSPS) is 16.8. The van der Waals surface area contributed by atoms with Crippen LogP contribution < -0.4 is 4.90 Å². The summed E-state index contributed by atoms with van der Waals surface area (Å²) in [5.74, 6) is -0.257. The topological polar surface area (TPSA) is 40.5 Å². The molecule has 0 atom stereocenters. The molecule has 5 heteroatoms. The summed E-state index contributed by atoms with van der Waals surface area (Å²) in [6.07, 6.45) is 2.10. The molecule has 0 spiro atoms. The molecule has 1 fully saturated rings. The van der Waals surface area contributed by atoms with Crippen LogP contribution in [-0.2, 0) is 0 Å². The van der Waals surface area contributed by atoms with E-state index >= 15 is 0 Å². The monoisotopic (exact) mass is 343 g/mol.